The Kier molecular flexibility index (Phi) is 5.77. The fraction of sp³-hybridized carbons (Fsp3) is 0.750. The Labute approximate surface area is 181 Å². The number of fused-ring (bicyclic) bond motifs is 1. The van der Waals surface area contributed by atoms with Gasteiger partial charge in [0, 0.05) is 0 Å². The van der Waals surface area contributed by atoms with Crippen molar-refractivity contribution in [3.63, 3.8) is 0 Å². The summed E-state index contributed by atoms with van der Waals surface area (Å²) in [4.78, 5) is 19.6. The van der Waals surface area contributed by atoms with E-state index in [1.807, 2.05) is 20.8 Å². The Morgan fingerprint density at radius 3 is 2.58 bits per heavy atom. The van der Waals surface area contributed by atoms with Gasteiger partial charge in [0.15, 0.2) is 0 Å². The Hall–Kier alpha value is -1.42. The molecule has 0 radical (unpaired) electrons. The number of imidazole rings is 1. The van der Waals surface area contributed by atoms with Gasteiger partial charge >= 0.3 is 181 Å². The molecule has 0 saturated carbocycles. The van der Waals surface area contributed by atoms with Crippen LogP contribution in [0.3, 0.4) is 0 Å². The number of hydrogen-bond acceptors (Lipinski definition) is 8. The van der Waals surface area contributed by atoms with E-state index in [2.05, 4.69) is 16.9 Å². The molecule has 4 rings (SSSR count). The second-order valence-corrected chi connectivity index (χ2v) is 12.6. The third-order valence-corrected chi connectivity index (χ3v) is 11.3. The van der Waals surface area contributed by atoms with E-state index in [4.69, 9.17) is 14.7 Å². The molecule has 10 nitrogen and oxygen atoms in total. The van der Waals surface area contributed by atoms with E-state index in [1.165, 1.54) is 12.7 Å². The molecule has 0 amide bonds. The van der Waals surface area contributed by atoms with Gasteiger partial charge in [0.05, 0.1) is 0 Å². The molecule has 31 heavy (non-hydrogen) atoms. The second kappa shape index (κ2) is 7.86. The summed E-state index contributed by atoms with van der Waals surface area (Å²) in [6.07, 6.45) is 0.998. The first-order chi connectivity index (χ1) is 14.6. The number of aliphatic hydroxyl groups is 2. The standard InChI is InChI=1S/C20H34N5O5P/c1-6-13-11(3)31(13,28)30-20(4,7-2)8-12-15(26)16(27)19(29-12)25-10-22-14-17(21)24(5)9-23-18(14)25/h9-13,15-16,19,21,26-28,31H,6-8H2,1-5H3/t11?,12-,13?,15-,16-,19-,20+/m1/s1. The molecule has 2 aromatic rings. The summed E-state index contributed by atoms with van der Waals surface area (Å²) in [6.45, 7) is 8.03. The Morgan fingerprint density at radius 2 is 1.97 bits per heavy atom. The molecule has 2 unspecified atom stereocenters. The van der Waals surface area contributed by atoms with Crippen LogP contribution in [0, 0.1) is 5.41 Å². The van der Waals surface area contributed by atoms with Crippen molar-refractivity contribution >= 4 is 18.9 Å². The third-order valence-electron chi connectivity index (χ3n) is 7.22. The van der Waals surface area contributed by atoms with Crippen molar-refractivity contribution in [1.29, 1.82) is 5.41 Å². The molecule has 2 aliphatic heterocycles. The topological polar surface area (TPSA) is 139 Å². The normalized spacial score (nSPS) is 35.2. The number of aromatic nitrogens is 4. The van der Waals surface area contributed by atoms with E-state index in [-0.39, 0.29) is 16.8 Å². The molecule has 4 N–H and O–H groups in total. The van der Waals surface area contributed by atoms with E-state index in [1.54, 1.807) is 16.2 Å². The van der Waals surface area contributed by atoms with Crippen LogP contribution in [-0.2, 0) is 16.3 Å². The summed E-state index contributed by atoms with van der Waals surface area (Å²) < 4.78 is 15.5. The third kappa shape index (κ3) is 3.63. The maximum absolute atomic E-state index is 11.0. The Morgan fingerprint density at radius 1 is 1.26 bits per heavy atom. The average molecular weight is 455 g/mol. The number of hydrogen-bond donors (Lipinski definition) is 4. The van der Waals surface area contributed by atoms with Gasteiger partial charge in [0.1, 0.15) is 0 Å². The van der Waals surface area contributed by atoms with Gasteiger partial charge in [-0.05, 0) is 0 Å². The number of aliphatic hydroxyl groups excluding tert-OH is 2. The van der Waals surface area contributed by atoms with Crippen LogP contribution in [0.25, 0.3) is 11.2 Å². The van der Waals surface area contributed by atoms with Gasteiger partial charge in [-0.25, -0.2) is 0 Å². The first kappa shape index (κ1) is 22.8. The zero-order valence-corrected chi connectivity index (χ0v) is 19.7. The van der Waals surface area contributed by atoms with Crippen molar-refractivity contribution in [2.75, 3.05) is 0 Å². The molecular formula is C20H34N5O5P. The van der Waals surface area contributed by atoms with E-state index in [0.717, 1.165) is 6.42 Å². The van der Waals surface area contributed by atoms with Gasteiger partial charge in [-0.2, -0.15) is 0 Å². The summed E-state index contributed by atoms with van der Waals surface area (Å²) in [7, 11) is -1.06. The fourth-order valence-electron chi connectivity index (χ4n) is 4.82. The molecule has 0 spiro atoms. The fourth-order valence-corrected chi connectivity index (χ4v) is 8.62. The second-order valence-electron chi connectivity index (χ2n) is 9.24. The molecule has 2 aliphatic rings. The van der Waals surface area contributed by atoms with E-state index < -0.39 is 37.9 Å². The van der Waals surface area contributed by atoms with Crippen LogP contribution in [-0.4, -0.2) is 69.4 Å². The quantitative estimate of drug-likeness (QED) is 0.460. The van der Waals surface area contributed by atoms with Gasteiger partial charge in [-0.15, -0.1) is 0 Å². The van der Waals surface area contributed by atoms with Crippen LogP contribution in [0.2, 0.25) is 0 Å². The van der Waals surface area contributed by atoms with Gasteiger partial charge < -0.3 is 0 Å². The zero-order chi connectivity index (χ0) is 22.7. The predicted octanol–water partition coefficient (Wildman–Crippen LogP) is 1.20. The monoisotopic (exact) mass is 455 g/mol. The average Bonchev–Trinajstić information content (AvgIpc) is 3.03. The molecule has 174 valence electrons. The summed E-state index contributed by atoms with van der Waals surface area (Å²) in [5.41, 5.74) is 0.754. The number of nitrogens with zero attached hydrogens (tertiary/aromatic N) is 4. The molecule has 4 heterocycles. The zero-order valence-electron chi connectivity index (χ0n) is 18.7. The van der Waals surface area contributed by atoms with E-state index >= 15 is 0 Å². The number of nitrogens with one attached hydrogen (secondary N) is 1. The number of ether oxygens (including phenoxy) is 1. The van der Waals surface area contributed by atoms with E-state index in [0.29, 0.717) is 24.0 Å². The maximum atomic E-state index is 11.0. The summed E-state index contributed by atoms with van der Waals surface area (Å²) in [6, 6.07) is 0. The Bertz CT molecular complexity index is 1030. The summed E-state index contributed by atoms with van der Waals surface area (Å²) >= 11 is 0. The molecule has 0 aromatic carbocycles. The summed E-state index contributed by atoms with van der Waals surface area (Å²) in [5.74, 6) is 0. The van der Waals surface area contributed by atoms with Crippen molar-refractivity contribution in [2.24, 2.45) is 7.05 Å². The molecule has 2 saturated heterocycles. The molecule has 0 bridgehead atoms. The molecular weight excluding hydrogens is 421 g/mol. The van der Waals surface area contributed by atoms with Gasteiger partial charge in [0.25, 0.3) is 0 Å². The molecule has 0 aliphatic carbocycles. The van der Waals surface area contributed by atoms with Gasteiger partial charge in [-0.3, -0.25) is 0 Å². The van der Waals surface area contributed by atoms with Crippen molar-refractivity contribution in [1.82, 2.24) is 19.1 Å². The SMILES string of the molecule is CCC1C(C)[PH]1(O)O[C@@](C)(CC)C[C@H]1O[C@@H](n2cnc3c(=N)n(C)cnc32)[C@H](O)[C@@H]1O. The summed E-state index contributed by atoms with van der Waals surface area (Å²) in [5, 5.41) is 29.6. The van der Waals surface area contributed by atoms with Gasteiger partial charge in [0.2, 0.25) is 0 Å². The van der Waals surface area contributed by atoms with Crippen LogP contribution in [0.4, 0.5) is 0 Å². The molecule has 2 aromatic heterocycles. The van der Waals surface area contributed by atoms with Crippen LogP contribution in [0.5, 0.6) is 0 Å². The predicted molar refractivity (Wildman–Crippen MR) is 117 cm³/mol. The Balaban J connectivity index is 1.55. The van der Waals surface area contributed by atoms with Crippen LogP contribution in [0.1, 0.15) is 53.2 Å². The molecule has 11 heteroatoms. The minimum absolute atomic E-state index is 0.194. The van der Waals surface area contributed by atoms with Gasteiger partial charge in [-0.1, -0.05) is 0 Å². The first-order valence-electron chi connectivity index (χ1n) is 10.9. The number of aryl methyl sites for hydroxylation is 1. The van der Waals surface area contributed by atoms with Crippen LogP contribution < -0.4 is 5.49 Å². The van der Waals surface area contributed by atoms with Crippen LogP contribution >= 0.6 is 7.72 Å². The van der Waals surface area contributed by atoms with Crippen molar-refractivity contribution in [2.45, 2.75) is 88.4 Å². The van der Waals surface area contributed by atoms with Crippen LogP contribution in [0.15, 0.2) is 12.7 Å². The number of rotatable bonds is 7. The molecule has 7 atom stereocenters. The minimum atomic E-state index is -2.77. The van der Waals surface area contributed by atoms with E-state index in [9.17, 15) is 15.1 Å². The van der Waals surface area contributed by atoms with Crippen molar-refractivity contribution in [3.05, 3.63) is 18.1 Å². The molecule has 2 fully saturated rings. The first-order valence-corrected chi connectivity index (χ1v) is 12.9. The van der Waals surface area contributed by atoms with Crippen molar-refractivity contribution < 1.29 is 24.4 Å². The van der Waals surface area contributed by atoms with Crippen molar-refractivity contribution in [3.8, 4) is 0 Å².